The topological polar surface area (TPSA) is 49.3 Å². The Morgan fingerprint density at radius 1 is 1.35 bits per heavy atom. The molecule has 1 unspecified atom stereocenters. The van der Waals surface area contributed by atoms with E-state index in [-0.39, 0.29) is 6.42 Å². The lowest BCUT2D eigenvalue weighted by Crippen LogP contribution is -2.40. The molecule has 0 saturated heterocycles. The Hall–Kier alpha value is -0.920. The van der Waals surface area contributed by atoms with Crippen LogP contribution in [0, 0.1) is 0 Å². The zero-order valence-electron chi connectivity index (χ0n) is 10.3. The van der Waals surface area contributed by atoms with Crippen molar-refractivity contribution in [3.8, 4) is 0 Å². The van der Waals surface area contributed by atoms with Crippen molar-refractivity contribution >= 4 is 29.3 Å². The minimum atomic E-state index is -4.72. The summed E-state index contributed by atoms with van der Waals surface area (Å²) in [5.41, 5.74) is 0. The van der Waals surface area contributed by atoms with Crippen LogP contribution in [0.4, 0.5) is 13.2 Å². The van der Waals surface area contributed by atoms with Crippen molar-refractivity contribution in [2.24, 2.45) is 0 Å². The summed E-state index contributed by atoms with van der Waals surface area (Å²) in [6, 6.07) is 7.00. The zero-order valence-corrected chi connectivity index (χ0v) is 11.9. The number of hydrogen-bond acceptors (Lipinski definition) is 3. The third-order valence-corrected chi connectivity index (χ3v) is 3.55. The first-order valence-corrected chi connectivity index (χ1v) is 7.05. The van der Waals surface area contributed by atoms with E-state index in [0.29, 0.717) is 10.8 Å². The van der Waals surface area contributed by atoms with Crippen molar-refractivity contribution < 1.29 is 23.1 Å². The van der Waals surface area contributed by atoms with Gasteiger partial charge in [0.05, 0.1) is 6.54 Å². The van der Waals surface area contributed by atoms with Gasteiger partial charge in [-0.2, -0.15) is 13.2 Å². The van der Waals surface area contributed by atoms with Gasteiger partial charge in [0.15, 0.2) is 6.10 Å². The third kappa shape index (κ3) is 6.49. The highest BCUT2D eigenvalue weighted by atomic mass is 35.5. The number of carbonyl (C=O) groups excluding carboxylic acids is 1. The smallest absolute Gasteiger partial charge is 0.382 e. The van der Waals surface area contributed by atoms with Gasteiger partial charge >= 0.3 is 6.18 Å². The summed E-state index contributed by atoms with van der Waals surface area (Å²) in [7, 11) is 0. The second-order valence-corrected chi connectivity index (χ2v) is 5.52. The van der Waals surface area contributed by atoms with Crippen molar-refractivity contribution in [1.29, 1.82) is 0 Å². The highest BCUT2D eigenvalue weighted by molar-refractivity contribution is 7.99. The van der Waals surface area contributed by atoms with E-state index in [1.807, 2.05) is 5.32 Å². The minimum absolute atomic E-state index is 0.0673. The van der Waals surface area contributed by atoms with Gasteiger partial charge in [0.1, 0.15) is 0 Å². The predicted octanol–water partition coefficient (Wildman–Crippen LogP) is 2.86. The number of thioether (sulfide) groups is 1. The summed E-state index contributed by atoms with van der Waals surface area (Å²) in [5.74, 6) is -0.106. The van der Waals surface area contributed by atoms with Gasteiger partial charge in [-0.1, -0.05) is 11.6 Å². The van der Waals surface area contributed by atoms with Crippen LogP contribution in [-0.4, -0.2) is 35.6 Å². The predicted molar refractivity (Wildman–Crippen MR) is 71.9 cm³/mol. The molecule has 1 aromatic carbocycles. The normalized spacial score (nSPS) is 13.1. The number of hydrogen-bond donors (Lipinski definition) is 2. The average molecular weight is 328 g/mol. The maximum atomic E-state index is 12.0. The molecular weight excluding hydrogens is 315 g/mol. The second kappa shape index (κ2) is 7.75. The summed E-state index contributed by atoms with van der Waals surface area (Å²) >= 11 is 7.11. The molecule has 0 aromatic heterocycles. The Bertz CT molecular complexity index is 439. The molecule has 0 saturated carbocycles. The standard InChI is InChI=1S/C12H13ClF3NO2S/c13-8-1-3-9(4-2-8)20-6-5-11(19)17-7-10(18)12(14,15)16/h1-4,10,18H,5-7H2,(H,17,19). The van der Waals surface area contributed by atoms with Crippen LogP contribution >= 0.6 is 23.4 Å². The van der Waals surface area contributed by atoms with Gasteiger partial charge in [-0.3, -0.25) is 4.79 Å². The number of halogens is 4. The van der Waals surface area contributed by atoms with Gasteiger partial charge in [-0.25, -0.2) is 0 Å². The number of carbonyl (C=O) groups is 1. The fraction of sp³-hybridized carbons (Fsp3) is 0.417. The lowest BCUT2D eigenvalue weighted by molar-refractivity contribution is -0.201. The number of rotatable bonds is 6. The molecule has 20 heavy (non-hydrogen) atoms. The zero-order chi connectivity index (χ0) is 15.2. The molecule has 0 spiro atoms. The number of aliphatic hydroxyl groups excluding tert-OH is 1. The molecule has 0 aliphatic carbocycles. The molecule has 1 aromatic rings. The van der Waals surface area contributed by atoms with E-state index in [9.17, 15) is 18.0 Å². The van der Waals surface area contributed by atoms with E-state index >= 15 is 0 Å². The van der Waals surface area contributed by atoms with Crippen molar-refractivity contribution in [2.45, 2.75) is 23.6 Å². The largest absolute Gasteiger partial charge is 0.416 e. The lowest BCUT2D eigenvalue weighted by Gasteiger charge is -2.14. The van der Waals surface area contributed by atoms with E-state index in [1.54, 1.807) is 24.3 Å². The van der Waals surface area contributed by atoms with Crippen molar-refractivity contribution in [3.05, 3.63) is 29.3 Å². The van der Waals surface area contributed by atoms with Gasteiger partial charge < -0.3 is 10.4 Å². The fourth-order valence-corrected chi connectivity index (χ4v) is 2.18. The Morgan fingerprint density at radius 2 is 1.95 bits per heavy atom. The molecule has 0 heterocycles. The number of aliphatic hydroxyl groups is 1. The van der Waals surface area contributed by atoms with Crippen LogP contribution in [0.15, 0.2) is 29.2 Å². The first-order valence-electron chi connectivity index (χ1n) is 5.69. The lowest BCUT2D eigenvalue weighted by atomic mass is 10.3. The summed E-state index contributed by atoms with van der Waals surface area (Å²) in [4.78, 5) is 12.2. The molecule has 0 aliphatic heterocycles. The quantitative estimate of drug-likeness (QED) is 0.790. The summed E-state index contributed by atoms with van der Waals surface area (Å²) in [6.07, 6.45) is -7.18. The summed E-state index contributed by atoms with van der Waals surface area (Å²) in [5, 5.41) is 11.4. The molecule has 0 radical (unpaired) electrons. The first kappa shape index (κ1) is 17.1. The minimum Gasteiger partial charge on any atom is -0.382 e. The van der Waals surface area contributed by atoms with Crippen LogP contribution in [0.5, 0.6) is 0 Å². The van der Waals surface area contributed by atoms with E-state index in [1.165, 1.54) is 11.8 Å². The molecule has 3 nitrogen and oxygen atoms in total. The molecule has 112 valence electrons. The molecule has 0 aliphatic rings. The molecular formula is C12H13ClF3NO2S. The van der Waals surface area contributed by atoms with E-state index < -0.39 is 24.7 Å². The first-order chi connectivity index (χ1) is 9.29. The van der Waals surface area contributed by atoms with Gasteiger partial charge in [0.2, 0.25) is 5.91 Å². The molecule has 8 heteroatoms. The van der Waals surface area contributed by atoms with Gasteiger partial charge in [0, 0.05) is 22.1 Å². The Balaban J connectivity index is 2.22. The maximum Gasteiger partial charge on any atom is 0.416 e. The van der Waals surface area contributed by atoms with Gasteiger partial charge in [0.25, 0.3) is 0 Å². The third-order valence-electron chi connectivity index (χ3n) is 2.28. The van der Waals surface area contributed by atoms with Gasteiger partial charge in [-0.05, 0) is 24.3 Å². The number of amides is 1. The molecule has 1 amide bonds. The summed E-state index contributed by atoms with van der Waals surface area (Å²) < 4.78 is 36.0. The van der Waals surface area contributed by atoms with Crippen LogP contribution in [-0.2, 0) is 4.79 Å². The Morgan fingerprint density at radius 3 is 2.50 bits per heavy atom. The summed E-state index contributed by atoms with van der Waals surface area (Å²) in [6.45, 7) is -0.825. The van der Waals surface area contributed by atoms with Crippen molar-refractivity contribution in [2.75, 3.05) is 12.3 Å². The van der Waals surface area contributed by atoms with Crippen molar-refractivity contribution in [3.63, 3.8) is 0 Å². The Kier molecular flexibility index (Phi) is 6.64. The maximum absolute atomic E-state index is 12.0. The fourth-order valence-electron chi connectivity index (χ4n) is 1.21. The molecule has 2 N–H and O–H groups in total. The number of alkyl halides is 3. The SMILES string of the molecule is O=C(CCSc1ccc(Cl)cc1)NCC(O)C(F)(F)F. The van der Waals surface area contributed by atoms with Crippen LogP contribution in [0.1, 0.15) is 6.42 Å². The van der Waals surface area contributed by atoms with E-state index in [0.717, 1.165) is 4.90 Å². The Labute approximate surface area is 123 Å². The average Bonchev–Trinajstić information content (AvgIpc) is 2.37. The van der Waals surface area contributed by atoms with Gasteiger partial charge in [-0.15, -0.1) is 11.8 Å². The van der Waals surface area contributed by atoms with E-state index in [4.69, 9.17) is 16.7 Å². The monoisotopic (exact) mass is 327 g/mol. The molecule has 0 bridgehead atoms. The molecule has 1 rings (SSSR count). The molecule has 0 fully saturated rings. The highest BCUT2D eigenvalue weighted by Crippen LogP contribution is 2.21. The van der Waals surface area contributed by atoms with Crippen LogP contribution in [0.25, 0.3) is 0 Å². The van der Waals surface area contributed by atoms with Crippen molar-refractivity contribution in [1.82, 2.24) is 5.32 Å². The second-order valence-electron chi connectivity index (χ2n) is 3.91. The molecule has 1 atom stereocenters. The number of benzene rings is 1. The van der Waals surface area contributed by atoms with E-state index in [2.05, 4.69) is 0 Å². The number of nitrogens with one attached hydrogen (secondary N) is 1. The van der Waals surface area contributed by atoms with Crippen LogP contribution < -0.4 is 5.32 Å². The highest BCUT2D eigenvalue weighted by Gasteiger charge is 2.38. The van der Waals surface area contributed by atoms with Crippen LogP contribution in [0.3, 0.4) is 0 Å². The van der Waals surface area contributed by atoms with Crippen LogP contribution in [0.2, 0.25) is 5.02 Å².